The van der Waals surface area contributed by atoms with Crippen molar-refractivity contribution in [1.29, 1.82) is 0 Å². The zero-order chi connectivity index (χ0) is 24.3. The number of carbonyl (C=O) groups excluding carboxylic acids is 2. The zero-order valence-electron chi connectivity index (χ0n) is 18.8. The van der Waals surface area contributed by atoms with Crippen molar-refractivity contribution in [2.75, 3.05) is 39.9 Å². The van der Waals surface area contributed by atoms with Gasteiger partial charge in [-0.2, -0.15) is 4.31 Å². The van der Waals surface area contributed by atoms with Gasteiger partial charge in [0.2, 0.25) is 10.0 Å². The molecule has 2 aromatic carbocycles. The van der Waals surface area contributed by atoms with Crippen molar-refractivity contribution < 1.29 is 32.2 Å². The lowest BCUT2D eigenvalue weighted by Crippen LogP contribution is -2.43. The molecule has 2 aliphatic heterocycles. The molecule has 11 heteroatoms. The Morgan fingerprint density at radius 1 is 1.15 bits per heavy atom. The van der Waals surface area contributed by atoms with Gasteiger partial charge in [-0.25, -0.2) is 8.42 Å². The highest BCUT2D eigenvalue weighted by atomic mass is 32.2. The smallest absolute Gasteiger partial charge is 0.260 e. The maximum Gasteiger partial charge on any atom is 0.260 e. The van der Waals surface area contributed by atoms with Gasteiger partial charge in [0.1, 0.15) is 12.4 Å². The monoisotopic (exact) mass is 489 g/mol. The molecule has 4 rings (SSSR count). The minimum absolute atomic E-state index is 0.0336. The molecule has 0 radical (unpaired) electrons. The van der Waals surface area contributed by atoms with E-state index in [-0.39, 0.29) is 41.4 Å². The highest BCUT2D eigenvalue weighted by Crippen LogP contribution is 2.31. The van der Waals surface area contributed by atoms with E-state index < -0.39 is 15.9 Å². The second kappa shape index (κ2) is 9.90. The average Bonchev–Trinajstić information content (AvgIpc) is 3.38. The lowest BCUT2D eigenvalue weighted by Gasteiger charge is -2.29. The Morgan fingerprint density at radius 2 is 1.85 bits per heavy atom. The van der Waals surface area contributed by atoms with Crippen LogP contribution < -0.4 is 19.9 Å². The normalized spacial score (nSPS) is 17.9. The van der Waals surface area contributed by atoms with Crippen LogP contribution in [0.5, 0.6) is 17.2 Å². The molecule has 0 bridgehead atoms. The number of sulfonamides is 1. The van der Waals surface area contributed by atoms with Gasteiger partial charge in [-0.1, -0.05) is 12.1 Å². The number of rotatable bonds is 8. The number of benzene rings is 2. The molecule has 2 N–H and O–H groups in total. The Labute approximate surface area is 198 Å². The quantitative estimate of drug-likeness (QED) is 0.591. The molecule has 2 aromatic rings. The number of hydrogen-bond acceptors (Lipinski definition) is 7. The molecule has 0 aromatic heterocycles. The SMILES string of the molecule is CN(C[C@H]1COc2ccccc2O1)C(=O)COc1ccc(S(=O)(=O)N2CCCC2)cc1C(N)=O. The van der Waals surface area contributed by atoms with E-state index in [0.717, 1.165) is 12.8 Å². The van der Waals surface area contributed by atoms with Gasteiger partial charge in [0.25, 0.3) is 11.8 Å². The fourth-order valence-electron chi connectivity index (χ4n) is 3.88. The van der Waals surface area contributed by atoms with Crippen molar-refractivity contribution in [2.45, 2.75) is 23.8 Å². The maximum atomic E-state index is 12.8. The van der Waals surface area contributed by atoms with Crippen LogP contribution in [-0.2, 0) is 14.8 Å². The van der Waals surface area contributed by atoms with Crippen LogP contribution in [0.15, 0.2) is 47.4 Å². The topological polar surface area (TPSA) is 128 Å². The van der Waals surface area contributed by atoms with Gasteiger partial charge in [-0.05, 0) is 43.2 Å². The summed E-state index contributed by atoms with van der Waals surface area (Å²) in [7, 11) is -2.12. The van der Waals surface area contributed by atoms with E-state index in [0.29, 0.717) is 31.2 Å². The number of nitrogens with two attached hydrogens (primary N) is 1. The lowest BCUT2D eigenvalue weighted by atomic mass is 10.2. The van der Waals surface area contributed by atoms with Gasteiger partial charge in [0.05, 0.1) is 17.0 Å². The van der Waals surface area contributed by atoms with Gasteiger partial charge in [0, 0.05) is 20.1 Å². The van der Waals surface area contributed by atoms with Crippen LogP contribution in [0.4, 0.5) is 0 Å². The summed E-state index contributed by atoms with van der Waals surface area (Å²) in [6, 6.07) is 11.2. The standard InChI is InChI=1S/C23H27N3O7S/c1-25(13-16-14-31-20-6-2-3-7-21(20)33-16)22(27)15-32-19-9-8-17(12-18(19)23(24)28)34(29,30)26-10-4-5-11-26/h2-3,6-9,12,16H,4-5,10-11,13-15H2,1H3,(H2,24,28)/t16-/m0/s1. The number of likely N-dealkylation sites (N-methyl/N-ethyl adjacent to an activating group) is 1. The molecule has 2 amide bonds. The van der Waals surface area contributed by atoms with Crippen molar-refractivity contribution in [3.63, 3.8) is 0 Å². The number of hydrogen-bond donors (Lipinski definition) is 1. The second-order valence-electron chi connectivity index (χ2n) is 8.19. The molecule has 1 saturated heterocycles. The largest absolute Gasteiger partial charge is 0.486 e. The maximum absolute atomic E-state index is 12.8. The molecule has 0 aliphatic carbocycles. The van der Waals surface area contributed by atoms with Crippen molar-refractivity contribution in [3.05, 3.63) is 48.0 Å². The van der Waals surface area contributed by atoms with Crippen molar-refractivity contribution in [3.8, 4) is 17.2 Å². The number of ether oxygens (including phenoxy) is 3. The van der Waals surface area contributed by atoms with Gasteiger partial charge in [-0.15, -0.1) is 0 Å². The van der Waals surface area contributed by atoms with Gasteiger partial charge in [-0.3, -0.25) is 9.59 Å². The molecule has 0 unspecified atom stereocenters. The molecule has 182 valence electrons. The van der Waals surface area contributed by atoms with E-state index in [1.54, 1.807) is 13.1 Å². The summed E-state index contributed by atoms with van der Waals surface area (Å²) in [5.41, 5.74) is 5.36. The summed E-state index contributed by atoms with van der Waals surface area (Å²) in [6.45, 7) is 1.09. The third kappa shape index (κ3) is 5.10. The molecule has 1 fully saturated rings. The fraction of sp³-hybridized carbons (Fsp3) is 0.391. The first-order chi connectivity index (χ1) is 16.3. The number of para-hydroxylation sites is 2. The third-order valence-electron chi connectivity index (χ3n) is 5.74. The first-order valence-electron chi connectivity index (χ1n) is 10.9. The van der Waals surface area contributed by atoms with E-state index in [2.05, 4.69) is 0 Å². The highest BCUT2D eigenvalue weighted by Gasteiger charge is 2.29. The number of primary amides is 1. The van der Waals surface area contributed by atoms with E-state index in [1.165, 1.54) is 27.4 Å². The molecule has 10 nitrogen and oxygen atoms in total. The lowest BCUT2D eigenvalue weighted by molar-refractivity contribution is -0.133. The van der Waals surface area contributed by atoms with Crippen LogP contribution in [0.2, 0.25) is 0 Å². The Morgan fingerprint density at radius 3 is 2.56 bits per heavy atom. The average molecular weight is 490 g/mol. The van der Waals surface area contributed by atoms with Crippen LogP contribution in [0, 0.1) is 0 Å². The fourth-order valence-corrected chi connectivity index (χ4v) is 5.42. The third-order valence-corrected chi connectivity index (χ3v) is 7.64. The summed E-state index contributed by atoms with van der Waals surface area (Å²) in [5.74, 6) is 0.115. The minimum atomic E-state index is -3.72. The molecule has 1 atom stereocenters. The summed E-state index contributed by atoms with van der Waals surface area (Å²) < 4.78 is 44.0. The van der Waals surface area contributed by atoms with Gasteiger partial charge in [0.15, 0.2) is 24.2 Å². The molecular weight excluding hydrogens is 462 g/mol. The Balaban J connectivity index is 1.38. The van der Waals surface area contributed by atoms with Crippen molar-refractivity contribution in [1.82, 2.24) is 9.21 Å². The van der Waals surface area contributed by atoms with Gasteiger partial charge >= 0.3 is 0 Å². The minimum Gasteiger partial charge on any atom is -0.486 e. The van der Waals surface area contributed by atoms with Crippen LogP contribution in [0.1, 0.15) is 23.2 Å². The van der Waals surface area contributed by atoms with E-state index in [4.69, 9.17) is 19.9 Å². The van der Waals surface area contributed by atoms with Crippen LogP contribution in [-0.4, -0.2) is 75.4 Å². The number of amides is 2. The van der Waals surface area contributed by atoms with Crippen molar-refractivity contribution >= 4 is 21.8 Å². The first kappa shape index (κ1) is 23.8. The van der Waals surface area contributed by atoms with E-state index in [9.17, 15) is 18.0 Å². The molecule has 2 aliphatic rings. The number of nitrogens with zero attached hydrogens (tertiary/aromatic N) is 2. The molecule has 34 heavy (non-hydrogen) atoms. The molecular formula is C23H27N3O7S. The zero-order valence-corrected chi connectivity index (χ0v) is 19.6. The predicted molar refractivity (Wildman–Crippen MR) is 122 cm³/mol. The summed E-state index contributed by atoms with van der Waals surface area (Å²) >= 11 is 0. The second-order valence-corrected chi connectivity index (χ2v) is 10.1. The molecule has 0 spiro atoms. The molecule has 0 saturated carbocycles. The van der Waals surface area contributed by atoms with Crippen LogP contribution >= 0.6 is 0 Å². The van der Waals surface area contributed by atoms with Gasteiger partial charge < -0.3 is 24.8 Å². The van der Waals surface area contributed by atoms with E-state index >= 15 is 0 Å². The first-order valence-corrected chi connectivity index (χ1v) is 12.4. The van der Waals surface area contributed by atoms with Crippen LogP contribution in [0.25, 0.3) is 0 Å². The van der Waals surface area contributed by atoms with Crippen LogP contribution in [0.3, 0.4) is 0 Å². The summed E-state index contributed by atoms with van der Waals surface area (Å²) in [5, 5.41) is 0. The Bertz CT molecular complexity index is 1180. The Kier molecular flexibility index (Phi) is 6.94. The summed E-state index contributed by atoms with van der Waals surface area (Å²) in [4.78, 5) is 26.0. The molecule has 2 heterocycles. The van der Waals surface area contributed by atoms with Crippen molar-refractivity contribution in [2.24, 2.45) is 5.73 Å². The van der Waals surface area contributed by atoms with E-state index in [1.807, 2.05) is 18.2 Å². The summed E-state index contributed by atoms with van der Waals surface area (Å²) in [6.07, 6.45) is 1.24. The predicted octanol–water partition coefficient (Wildman–Crippen LogP) is 1.25. The Hall–Kier alpha value is -3.31. The number of fused-ring (bicyclic) bond motifs is 1. The highest BCUT2D eigenvalue weighted by molar-refractivity contribution is 7.89. The number of carbonyl (C=O) groups is 2.